The lowest BCUT2D eigenvalue weighted by molar-refractivity contribution is 0.0643. The number of piperazine rings is 1. The number of fused-ring (bicyclic) bond motifs is 1. The SMILES string of the molecule is CCN1CCN(C(=O)c2ccc3c(c2)nc(C(C)C)n3C)CC1. The fourth-order valence-corrected chi connectivity index (χ4v) is 3.32. The van der Waals surface area contributed by atoms with Crippen LogP contribution in [0.4, 0.5) is 0 Å². The number of hydrogen-bond donors (Lipinski definition) is 0. The van der Waals surface area contributed by atoms with E-state index in [9.17, 15) is 4.79 Å². The zero-order chi connectivity index (χ0) is 16.6. The van der Waals surface area contributed by atoms with Gasteiger partial charge >= 0.3 is 0 Å². The molecule has 1 aromatic carbocycles. The Labute approximate surface area is 137 Å². The Balaban J connectivity index is 1.84. The lowest BCUT2D eigenvalue weighted by Crippen LogP contribution is -2.48. The summed E-state index contributed by atoms with van der Waals surface area (Å²) in [6.07, 6.45) is 0. The van der Waals surface area contributed by atoms with Gasteiger partial charge in [0, 0.05) is 44.7 Å². The maximum Gasteiger partial charge on any atom is 0.254 e. The molecule has 0 bridgehead atoms. The lowest BCUT2D eigenvalue weighted by Gasteiger charge is -2.34. The summed E-state index contributed by atoms with van der Waals surface area (Å²) in [6, 6.07) is 5.89. The van der Waals surface area contributed by atoms with Gasteiger partial charge in [-0.15, -0.1) is 0 Å². The van der Waals surface area contributed by atoms with Crippen molar-refractivity contribution in [1.82, 2.24) is 19.4 Å². The van der Waals surface area contributed by atoms with E-state index in [2.05, 4.69) is 30.2 Å². The highest BCUT2D eigenvalue weighted by molar-refractivity contribution is 5.97. The zero-order valence-corrected chi connectivity index (χ0v) is 14.5. The fourth-order valence-electron chi connectivity index (χ4n) is 3.32. The van der Waals surface area contributed by atoms with Crippen molar-refractivity contribution in [2.24, 2.45) is 7.05 Å². The van der Waals surface area contributed by atoms with Crippen LogP contribution in [0.2, 0.25) is 0 Å². The maximum atomic E-state index is 12.7. The molecule has 2 aromatic rings. The summed E-state index contributed by atoms with van der Waals surface area (Å²) in [5.41, 5.74) is 2.74. The number of likely N-dealkylation sites (N-methyl/N-ethyl adjacent to an activating group) is 1. The van der Waals surface area contributed by atoms with Crippen molar-refractivity contribution < 1.29 is 4.79 Å². The Morgan fingerprint density at radius 3 is 2.52 bits per heavy atom. The molecular weight excluding hydrogens is 288 g/mol. The number of aromatic nitrogens is 2. The van der Waals surface area contributed by atoms with Crippen LogP contribution in [0.25, 0.3) is 11.0 Å². The number of imidazole rings is 1. The largest absolute Gasteiger partial charge is 0.336 e. The fraction of sp³-hybridized carbons (Fsp3) is 0.556. The molecule has 0 unspecified atom stereocenters. The smallest absolute Gasteiger partial charge is 0.254 e. The van der Waals surface area contributed by atoms with Crippen LogP contribution in [0.3, 0.4) is 0 Å². The first-order valence-electron chi connectivity index (χ1n) is 8.49. The summed E-state index contributed by atoms with van der Waals surface area (Å²) in [4.78, 5) is 21.8. The van der Waals surface area contributed by atoms with E-state index >= 15 is 0 Å². The van der Waals surface area contributed by atoms with Crippen molar-refractivity contribution >= 4 is 16.9 Å². The number of hydrogen-bond acceptors (Lipinski definition) is 3. The summed E-state index contributed by atoms with van der Waals surface area (Å²) in [5, 5.41) is 0. The Bertz CT molecular complexity index is 711. The molecule has 23 heavy (non-hydrogen) atoms. The number of rotatable bonds is 3. The molecule has 124 valence electrons. The van der Waals surface area contributed by atoms with Crippen LogP contribution in [0.15, 0.2) is 18.2 Å². The second kappa shape index (κ2) is 6.32. The van der Waals surface area contributed by atoms with Gasteiger partial charge in [0.1, 0.15) is 5.82 Å². The van der Waals surface area contributed by atoms with Gasteiger partial charge in [-0.3, -0.25) is 4.79 Å². The molecule has 1 aromatic heterocycles. The first-order valence-corrected chi connectivity index (χ1v) is 8.49. The van der Waals surface area contributed by atoms with E-state index in [-0.39, 0.29) is 5.91 Å². The minimum atomic E-state index is 0.124. The van der Waals surface area contributed by atoms with Crippen LogP contribution in [-0.4, -0.2) is 58.0 Å². The summed E-state index contributed by atoms with van der Waals surface area (Å²) >= 11 is 0. The molecule has 5 heteroatoms. The van der Waals surface area contributed by atoms with Gasteiger partial charge < -0.3 is 14.4 Å². The van der Waals surface area contributed by atoms with Gasteiger partial charge in [0.2, 0.25) is 0 Å². The molecule has 2 heterocycles. The molecule has 1 amide bonds. The van der Waals surface area contributed by atoms with Crippen molar-refractivity contribution in [3.05, 3.63) is 29.6 Å². The standard InChI is InChI=1S/C18H26N4O/c1-5-21-8-10-22(11-9-21)18(23)14-6-7-16-15(12-14)19-17(13(2)3)20(16)4/h6-7,12-13H,5,8-11H2,1-4H3. The van der Waals surface area contributed by atoms with Crippen molar-refractivity contribution in [2.75, 3.05) is 32.7 Å². The summed E-state index contributed by atoms with van der Waals surface area (Å²) < 4.78 is 2.12. The molecule has 0 N–H and O–H groups in total. The molecular formula is C18H26N4O. The molecule has 0 aliphatic carbocycles. The van der Waals surface area contributed by atoms with Crippen LogP contribution < -0.4 is 0 Å². The molecule has 0 atom stereocenters. The van der Waals surface area contributed by atoms with E-state index < -0.39 is 0 Å². The third-order valence-corrected chi connectivity index (χ3v) is 4.79. The molecule has 5 nitrogen and oxygen atoms in total. The van der Waals surface area contributed by atoms with Crippen LogP contribution in [0.5, 0.6) is 0 Å². The van der Waals surface area contributed by atoms with Crippen LogP contribution in [0.1, 0.15) is 42.9 Å². The highest BCUT2D eigenvalue weighted by atomic mass is 16.2. The quantitative estimate of drug-likeness (QED) is 0.874. The average Bonchev–Trinajstić information content (AvgIpc) is 2.91. The Morgan fingerprint density at radius 2 is 1.91 bits per heavy atom. The van der Waals surface area contributed by atoms with E-state index in [1.54, 1.807) is 0 Å². The minimum absolute atomic E-state index is 0.124. The summed E-state index contributed by atoms with van der Waals surface area (Å²) in [6.45, 7) is 11.0. The minimum Gasteiger partial charge on any atom is -0.336 e. The normalized spacial score (nSPS) is 16.5. The number of carbonyl (C=O) groups excluding carboxylic acids is 1. The molecule has 3 rings (SSSR count). The highest BCUT2D eigenvalue weighted by Crippen LogP contribution is 2.22. The molecule has 0 saturated carbocycles. The number of carbonyl (C=O) groups is 1. The van der Waals surface area contributed by atoms with Gasteiger partial charge in [-0.1, -0.05) is 20.8 Å². The summed E-state index contributed by atoms with van der Waals surface area (Å²) in [7, 11) is 2.04. The number of amides is 1. The zero-order valence-electron chi connectivity index (χ0n) is 14.5. The van der Waals surface area contributed by atoms with Gasteiger partial charge in [-0.25, -0.2) is 4.98 Å². The molecule has 1 fully saturated rings. The Hall–Kier alpha value is -1.88. The Morgan fingerprint density at radius 1 is 1.22 bits per heavy atom. The molecule has 1 aliphatic rings. The van der Waals surface area contributed by atoms with Gasteiger partial charge in [-0.05, 0) is 24.7 Å². The number of nitrogens with zero attached hydrogens (tertiary/aromatic N) is 4. The lowest BCUT2D eigenvalue weighted by atomic mass is 10.1. The second-order valence-corrected chi connectivity index (χ2v) is 6.61. The predicted octanol–water partition coefficient (Wildman–Crippen LogP) is 2.47. The predicted molar refractivity (Wildman–Crippen MR) is 92.8 cm³/mol. The van der Waals surface area contributed by atoms with Gasteiger partial charge in [-0.2, -0.15) is 0 Å². The average molecular weight is 314 g/mol. The third-order valence-electron chi connectivity index (χ3n) is 4.79. The third kappa shape index (κ3) is 2.98. The van der Waals surface area contributed by atoms with Crippen LogP contribution in [-0.2, 0) is 7.05 Å². The molecule has 1 saturated heterocycles. The maximum absolute atomic E-state index is 12.7. The van der Waals surface area contributed by atoms with Crippen LogP contribution in [0, 0.1) is 0 Å². The van der Waals surface area contributed by atoms with Gasteiger partial charge in [0.15, 0.2) is 0 Å². The van der Waals surface area contributed by atoms with Crippen molar-refractivity contribution in [3.8, 4) is 0 Å². The van der Waals surface area contributed by atoms with E-state index in [1.165, 1.54) is 0 Å². The van der Waals surface area contributed by atoms with Crippen molar-refractivity contribution in [1.29, 1.82) is 0 Å². The van der Waals surface area contributed by atoms with Crippen LogP contribution >= 0.6 is 0 Å². The van der Waals surface area contributed by atoms with E-state index in [1.807, 2.05) is 30.1 Å². The second-order valence-electron chi connectivity index (χ2n) is 6.61. The highest BCUT2D eigenvalue weighted by Gasteiger charge is 2.22. The molecule has 0 spiro atoms. The topological polar surface area (TPSA) is 41.4 Å². The Kier molecular flexibility index (Phi) is 4.39. The number of benzene rings is 1. The molecule has 1 aliphatic heterocycles. The van der Waals surface area contributed by atoms with Gasteiger partial charge in [0.25, 0.3) is 5.91 Å². The first-order chi connectivity index (χ1) is 11.0. The number of aryl methyl sites for hydroxylation is 1. The van der Waals surface area contributed by atoms with E-state index in [0.29, 0.717) is 5.92 Å². The van der Waals surface area contributed by atoms with Gasteiger partial charge in [0.05, 0.1) is 11.0 Å². The van der Waals surface area contributed by atoms with E-state index in [4.69, 9.17) is 4.98 Å². The molecule has 0 radical (unpaired) electrons. The van der Waals surface area contributed by atoms with Crippen molar-refractivity contribution in [3.63, 3.8) is 0 Å². The summed E-state index contributed by atoms with van der Waals surface area (Å²) in [5.74, 6) is 1.55. The van der Waals surface area contributed by atoms with Crippen molar-refractivity contribution in [2.45, 2.75) is 26.7 Å². The van der Waals surface area contributed by atoms with E-state index in [0.717, 1.165) is 55.1 Å². The monoisotopic (exact) mass is 314 g/mol. The first kappa shape index (κ1) is 16.0.